The third-order valence-electron chi connectivity index (χ3n) is 2.29. The number of hydrogen-bond acceptors (Lipinski definition) is 3. The lowest BCUT2D eigenvalue weighted by atomic mass is 10.1. The Bertz CT molecular complexity index is 337. The van der Waals surface area contributed by atoms with Gasteiger partial charge in [-0.2, -0.15) is 5.10 Å². The number of carbonyl (C=O) groups excluding carboxylic acids is 1. The molecule has 16 heavy (non-hydrogen) atoms. The predicted molar refractivity (Wildman–Crippen MR) is 66.6 cm³/mol. The molecule has 1 aromatic rings. The average Bonchev–Trinajstić information content (AvgIpc) is 2.63. The highest BCUT2D eigenvalue weighted by molar-refractivity contribution is 5.94. The van der Waals surface area contributed by atoms with E-state index < -0.39 is 6.04 Å². The van der Waals surface area contributed by atoms with Gasteiger partial charge in [-0.1, -0.05) is 13.8 Å². The zero-order valence-corrected chi connectivity index (χ0v) is 10.6. The third kappa shape index (κ3) is 3.50. The number of nitrogens with one attached hydrogen (secondary N) is 1. The van der Waals surface area contributed by atoms with Crippen LogP contribution in [-0.2, 0) is 11.3 Å². The maximum Gasteiger partial charge on any atom is 0.242 e. The van der Waals surface area contributed by atoms with Crippen LogP contribution in [0.25, 0.3) is 0 Å². The molecular formula is C10H19ClN4O. The van der Waals surface area contributed by atoms with Gasteiger partial charge in [-0.15, -0.1) is 12.4 Å². The number of aromatic nitrogens is 2. The maximum absolute atomic E-state index is 11.6. The van der Waals surface area contributed by atoms with E-state index in [0.29, 0.717) is 5.82 Å². The lowest BCUT2D eigenvalue weighted by Gasteiger charge is -2.15. The van der Waals surface area contributed by atoms with Gasteiger partial charge in [0.05, 0.1) is 12.2 Å². The minimum atomic E-state index is -0.481. The van der Waals surface area contributed by atoms with Crippen LogP contribution in [0.4, 0.5) is 5.82 Å². The summed E-state index contributed by atoms with van der Waals surface area (Å²) in [5.41, 5.74) is 5.73. The van der Waals surface area contributed by atoms with Gasteiger partial charge in [-0.25, -0.2) is 4.68 Å². The highest BCUT2D eigenvalue weighted by atomic mass is 35.5. The van der Waals surface area contributed by atoms with Gasteiger partial charge in [0.2, 0.25) is 5.91 Å². The first-order chi connectivity index (χ1) is 7.06. The van der Waals surface area contributed by atoms with Crippen molar-refractivity contribution < 1.29 is 4.79 Å². The van der Waals surface area contributed by atoms with E-state index in [2.05, 4.69) is 10.4 Å². The maximum atomic E-state index is 11.6. The van der Waals surface area contributed by atoms with Crippen molar-refractivity contribution in [1.82, 2.24) is 9.78 Å². The van der Waals surface area contributed by atoms with Crippen molar-refractivity contribution in [2.24, 2.45) is 11.7 Å². The Hall–Kier alpha value is -1.07. The highest BCUT2D eigenvalue weighted by Gasteiger charge is 2.18. The van der Waals surface area contributed by atoms with Gasteiger partial charge in [-0.3, -0.25) is 4.79 Å². The molecule has 1 atom stereocenters. The molecule has 1 amide bonds. The normalized spacial score (nSPS) is 12.1. The summed E-state index contributed by atoms with van der Waals surface area (Å²) in [4.78, 5) is 11.6. The first-order valence-electron chi connectivity index (χ1n) is 5.14. The van der Waals surface area contributed by atoms with Gasteiger partial charge in [0.1, 0.15) is 5.82 Å². The fourth-order valence-corrected chi connectivity index (χ4v) is 1.20. The fourth-order valence-electron chi connectivity index (χ4n) is 1.20. The standard InChI is InChI=1S/C10H18N4O.ClH/c1-4-14-8(5-6-12-14)13-10(15)9(11)7(2)3;/h5-7,9H,4,11H2,1-3H3,(H,13,15);1H. The van der Waals surface area contributed by atoms with Crippen LogP contribution in [0.5, 0.6) is 0 Å². The van der Waals surface area contributed by atoms with E-state index in [4.69, 9.17) is 5.73 Å². The van der Waals surface area contributed by atoms with Crippen molar-refractivity contribution in [3.63, 3.8) is 0 Å². The Kier molecular flexibility index (Phi) is 6.06. The Morgan fingerprint density at radius 2 is 2.25 bits per heavy atom. The van der Waals surface area contributed by atoms with Crippen LogP contribution in [0.1, 0.15) is 20.8 Å². The number of aryl methyl sites for hydroxylation is 1. The summed E-state index contributed by atoms with van der Waals surface area (Å²) in [6, 6.07) is 1.28. The molecule has 0 fully saturated rings. The molecule has 0 saturated carbocycles. The molecule has 0 aliphatic rings. The quantitative estimate of drug-likeness (QED) is 0.840. The van der Waals surface area contributed by atoms with Gasteiger partial charge in [0.25, 0.3) is 0 Å². The zero-order valence-electron chi connectivity index (χ0n) is 9.80. The van der Waals surface area contributed by atoms with Crippen molar-refractivity contribution in [3.8, 4) is 0 Å². The van der Waals surface area contributed by atoms with Crippen molar-refractivity contribution in [3.05, 3.63) is 12.3 Å². The highest BCUT2D eigenvalue weighted by Crippen LogP contribution is 2.08. The van der Waals surface area contributed by atoms with Crippen LogP contribution in [0, 0.1) is 5.92 Å². The monoisotopic (exact) mass is 246 g/mol. The molecule has 0 radical (unpaired) electrons. The van der Waals surface area contributed by atoms with Crippen LogP contribution in [0.2, 0.25) is 0 Å². The second-order valence-corrected chi connectivity index (χ2v) is 3.79. The zero-order chi connectivity index (χ0) is 11.4. The number of anilines is 1. The van der Waals surface area contributed by atoms with Gasteiger partial charge in [-0.05, 0) is 12.8 Å². The fraction of sp³-hybridized carbons (Fsp3) is 0.600. The van der Waals surface area contributed by atoms with Gasteiger partial charge >= 0.3 is 0 Å². The number of rotatable bonds is 4. The van der Waals surface area contributed by atoms with Crippen LogP contribution < -0.4 is 11.1 Å². The molecule has 0 aliphatic carbocycles. The predicted octanol–water partition coefficient (Wildman–Crippen LogP) is 1.25. The molecule has 0 spiro atoms. The minimum Gasteiger partial charge on any atom is -0.320 e. The summed E-state index contributed by atoms with van der Waals surface area (Å²) in [7, 11) is 0. The van der Waals surface area contributed by atoms with Gasteiger partial charge in [0.15, 0.2) is 0 Å². The number of nitrogens with two attached hydrogens (primary N) is 1. The molecule has 1 heterocycles. The second kappa shape index (κ2) is 6.50. The van der Waals surface area contributed by atoms with Crippen LogP contribution in [0.15, 0.2) is 12.3 Å². The molecular weight excluding hydrogens is 228 g/mol. The van der Waals surface area contributed by atoms with E-state index in [9.17, 15) is 4.79 Å². The summed E-state index contributed by atoms with van der Waals surface area (Å²) in [5, 5.41) is 6.81. The van der Waals surface area contributed by atoms with E-state index in [1.165, 1.54) is 0 Å². The van der Waals surface area contributed by atoms with Crippen molar-refractivity contribution >= 4 is 24.1 Å². The molecule has 0 saturated heterocycles. The number of hydrogen-bond donors (Lipinski definition) is 2. The van der Waals surface area contributed by atoms with Crippen LogP contribution in [-0.4, -0.2) is 21.7 Å². The Morgan fingerprint density at radius 1 is 1.62 bits per heavy atom. The van der Waals surface area contributed by atoms with Gasteiger partial charge < -0.3 is 11.1 Å². The Balaban J connectivity index is 0.00000225. The second-order valence-electron chi connectivity index (χ2n) is 3.79. The molecule has 1 aromatic heterocycles. The molecule has 1 rings (SSSR count). The van der Waals surface area contributed by atoms with Gasteiger partial charge in [0, 0.05) is 12.6 Å². The SMILES string of the molecule is CCn1nccc1NC(=O)C(N)C(C)C.Cl. The number of carbonyl (C=O) groups is 1. The molecule has 5 nitrogen and oxygen atoms in total. The van der Waals surface area contributed by atoms with Crippen molar-refractivity contribution in [1.29, 1.82) is 0 Å². The molecule has 92 valence electrons. The van der Waals surface area contributed by atoms with E-state index >= 15 is 0 Å². The van der Waals surface area contributed by atoms with E-state index in [0.717, 1.165) is 6.54 Å². The van der Waals surface area contributed by atoms with E-state index in [-0.39, 0.29) is 24.2 Å². The molecule has 0 bridgehead atoms. The smallest absolute Gasteiger partial charge is 0.242 e. The number of nitrogens with zero attached hydrogens (tertiary/aromatic N) is 2. The molecule has 6 heteroatoms. The van der Waals surface area contributed by atoms with E-state index in [1.54, 1.807) is 16.9 Å². The van der Waals surface area contributed by atoms with Crippen LogP contribution in [0.3, 0.4) is 0 Å². The Labute approximate surface area is 102 Å². The van der Waals surface area contributed by atoms with Crippen LogP contribution >= 0.6 is 12.4 Å². The molecule has 0 aromatic carbocycles. The first kappa shape index (κ1) is 14.9. The largest absolute Gasteiger partial charge is 0.320 e. The average molecular weight is 247 g/mol. The summed E-state index contributed by atoms with van der Waals surface area (Å²) < 4.78 is 1.71. The summed E-state index contributed by atoms with van der Waals surface area (Å²) in [5.74, 6) is 0.654. The van der Waals surface area contributed by atoms with E-state index in [1.807, 2.05) is 20.8 Å². The van der Waals surface area contributed by atoms with Crippen molar-refractivity contribution in [2.45, 2.75) is 33.4 Å². The first-order valence-corrected chi connectivity index (χ1v) is 5.14. The summed E-state index contributed by atoms with van der Waals surface area (Å²) in [6.07, 6.45) is 1.65. The summed E-state index contributed by atoms with van der Waals surface area (Å²) in [6.45, 7) is 6.52. The third-order valence-corrected chi connectivity index (χ3v) is 2.29. The molecule has 1 unspecified atom stereocenters. The molecule has 0 aliphatic heterocycles. The van der Waals surface area contributed by atoms with Crippen molar-refractivity contribution in [2.75, 3.05) is 5.32 Å². The minimum absolute atomic E-state index is 0. The topological polar surface area (TPSA) is 72.9 Å². The molecule has 3 N–H and O–H groups in total. The summed E-state index contributed by atoms with van der Waals surface area (Å²) >= 11 is 0. The number of halogens is 1. The lowest BCUT2D eigenvalue weighted by Crippen LogP contribution is -2.40. The Morgan fingerprint density at radius 3 is 2.75 bits per heavy atom. The lowest BCUT2D eigenvalue weighted by molar-refractivity contribution is -0.118. The number of amides is 1.